The molecule has 1 aromatic rings. The molecule has 0 aliphatic carbocycles. The van der Waals surface area contributed by atoms with Gasteiger partial charge in [0.25, 0.3) is 0 Å². The van der Waals surface area contributed by atoms with E-state index in [9.17, 15) is 4.79 Å². The summed E-state index contributed by atoms with van der Waals surface area (Å²) in [7, 11) is 3.48. The van der Waals surface area contributed by atoms with E-state index >= 15 is 0 Å². The number of ether oxygens (including phenoxy) is 1. The van der Waals surface area contributed by atoms with Crippen molar-refractivity contribution in [2.24, 2.45) is 4.99 Å². The fourth-order valence-electron chi connectivity index (χ4n) is 4.65. The Labute approximate surface area is 187 Å². The van der Waals surface area contributed by atoms with E-state index in [2.05, 4.69) is 39.6 Å². The van der Waals surface area contributed by atoms with Crippen LogP contribution >= 0.6 is 0 Å². The van der Waals surface area contributed by atoms with Crippen molar-refractivity contribution in [2.75, 3.05) is 46.9 Å². The standard InChI is InChI=1S/C24H39N5O2/c1-19-8-4-5-17-29(19)23(30)13-14-26-24(25-2)27-18-22(28-15-6-7-16-28)20-9-11-21(31-3)12-10-20/h9-12,19,22H,4-8,13-18H2,1-3H3,(H2,25,26,27). The van der Waals surface area contributed by atoms with Crippen LogP contribution < -0.4 is 15.4 Å². The van der Waals surface area contributed by atoms with Crippen molar-refractivity contribution in [1.82, 2.24) is 20.4 Å². The quantitative estimate of drug-likeness (QED) is 0.491. The molecule has 0 saturated carbocycles. The minimum Gasteiger partial charge on any atom is -0.497 e. The molecule has 172 valence electrons. The molecule has 3 rings (SSSR count). The van der Waals surface area contributed by atoms with Crippen molar-refractivity contribution in [3.63, 3.8) is 0 Å². The number of rotatable bonds is 8. The Morgan fingerprint density at radius 1 is 1.13 bits per heavy atom. The SMILES string of the molecule is CN=C(NCCC(=O)N1CCCCC1C)NCC(c1ccc(OC)cc1)N1CCCC1. The number of methoxy groups -OCH3 is 1. The summed E-state index contributed by atoms with van der Waals surface area (Å²) in [5.74, 6) is 1.86. The molecule has 1 aromatic carbocycles. The van der Waals surface area contributed by atoms with Gasteiger partial charge in [-0.1, -0.05) is 12.1 Å². The Hall–Kier alpha value is -2.28. The molecule has 2 heterocycles. The highest BCUT2D eigenvalue weighted by molar-refractivity contribution is 5.81. The molecule has 0 radical (unpaired) electrons. The Balaban J connectivity index is 1.51. The minimum atomic E-state index is 0.239. The molecule has 0 bridgehead atoms. The molecule has 1 amide bonds. The number of amides is 1. The van der Waals surface area contributed by atoms with Crippen LogP contribution in [0.4, 0.5) is 0 Å². The maximum atomic E-state index is 12.6. The molecule has 0 spiro atoms. The molecular weight excluding hydrogens is 390 g/mol. The molecule has 31 heavy (non-hydrogen) atoms. The Kier molecular flexibility index (Phi) is 9.00. The monoisotopic (exact) mass is 429 g/mol. The van der Waals surface area contributed by atoms with Crippen LogP contribution in [0.25, 0.3) is 0 Å². The van der Waals surface area contributed by atoms with Crippen LogP contribution in [-0.2, 0) is 4.79 Å². The summed E-state index contributed by atoms with van der Waals surface area (Å²) in [5, 5.41) is 6.80. The molecule has 2 N–H and O–H groups in total. The number of guanidine groups is 1. The Bertz CT molecular complexity index is 715. The third-order valence-corrected chi connectivity index (χ3v) is 6.52. The van der Waals surface area contributed by atoms with Gasteiger partial charge in [0.2, 0.25) is 5.91 Å². The van der Waals surface area contributed by atoms with Gasteiger partial charge in [0.15, 0.2) is 5.96 Å². The van der Waals surface area contributed by atoms with Crippen LogP contribution in [0, 0.1) is 0 Å². The Morgan fingerprint density at radius 2 is 1.84 bits per heavy atom. The number of carbonyl (C=O) groups is 1. The van der Waals surface area contributed by atoms with E-state index < -0.39 is 0 Å². The first-order valence-corrected chi connectivity index (χ1v) is 11.7. The largest absolute Gasteiger partial charge is 0.497 e. The first-order chi connectivity index (χ1) is 15.1. The second kappa shape index (κ2) is 11.9. The van der Waals surface area contributed by atoms with E-state index in [1.165, 1.54) is 24.8 Å². The van der Waals surface area contributed by atoms with Gasteiger partial charge >= 0.3 is 0 Å². The molecule has 7 heteroatoms. The van der Waals surface area contributed by atoms with E-state index in [4.69, 9.17) is 4.74 Å². The molecule has 2 saturated heterocycles. The molecule has 0 aromatic heterocycles. The van der Waals surface area contributed by atoms with Crippen molar-refractivity contribution in [3.05, 3.63) is 29.8 Å². The zero-order valence-electron chi connectivity index (χ0n) is 19.4. The number of benzene rings is 1. The van der Waals surface area contributed by atoms with E-state index in [1.807, 2.05) is 17.0 Å². The van der Waals surface area contributed by atoms with Crippen LogP contribution in [0.5, 0.6) is 5.75 Å². The van der Waals surface area contributed by atoms with Gasteiger partial charge in [-0.2, -0.15) is 0 Å². The van der Waals surface area contributed by atoms with Crippen molar-refractivity contribution in [3.8, 4) is 5.75 Å². The summed E-state index contributed by atoms with van der Waals surface area (Å²) < 4.78 is 5.31. The number of hydrogen-bond donors (Lipinski definition) is 2. The lowest BCUT2D eigenvalue weighted by atomic mass is 10.0. The predicted molar refractivity (Wildman–Crippen MR) is 126 cm³/mol. The van der Waals surface area contributed by atoms with Crippen LogP contribution in [0.2, 0.25) is 0 Å². The second-order valence-corrected chi connectivity index (χ2v) is 8.59. The summed E-state index contributed by atoms with van der Waals surface area (Å²) in [6.45, 7) is 6.65. The smallest absolute Gasteiger partial charge is 0.224 e. The third-order valence-electron chi connectivity index (χ3n) is 6.52. The topological polar surface area (TPSA) is 69.2 Å². The van der Waals surface area contributed by atoms with Gasteiger partial charge in [0.05, 0.1) is 13.2 Å². The minimum absolute atomic E-state index is 0.239. The van der Waals surface area contributed by atoms with E-state index in [0.29, 0.717) is 19.0 Å². The van der Waals surface area contributed by atoms with E-state index in [-0.39, 0.29) is 11.9 Å². The van der Waals surface area contributed by atoms with Crippen LogP contribution in [0.3, 0.4) is 0 Å². The number of likely N-dealkylation sites (tertiary alicyclic amines) is 2. The van der Waals surface area contributed by atoms with Gasteiger partial charge in [0.1, 0.15) is 5.75 Å². The molecule has 2 fully saturated rings. The fraction of sp³-hybridized carbons (Fsp3) is 0.667. The highest BCUT2D eigenvalue weighted by atomic mass is 16.5. The lowest BCUT2D eigenvalue weighted by Gasteiger charge is -2.33. The van der Waals surface area contributed by atoms with Crippen molar-refractivity contribution < 1.29 is 9.53 Å². The number of nitrogens with zero attached hydrogens (tertiary/aromatic N) is 3. The summed E-state index contributed by atoms with van der Waals surface area (Å²) in [5.41, 5.74) is 1.28. The summed E-state index contributed by atoms with van der Waals surface area (Å²) >= 11 is 0. The van der Waals surface area contributed by atoms with Crippen molar-refractivity contribution in [1.29, 1.82) is 0 Å². The molecule has 2 atom stereocenters. The summed E-state index contributed by atoms with van der Waals surface area (Å²) in [6, 6.07) is 9.00. The van der Waals surface area contributed by atoms with Crippen LogP contribution in [0.1, 0.15) is 57.1 Å². The zero-order chi connectivity index (χ0) is 22.1. The normalized spacial score (nSPS) is 21.1. The molecule has 7 nitrogen and oxygen atoms in total. The highest BCUT2D eigenvalue weighted by Crippen LogP contribution is 2.26. The van der Waals surface area contributed by atoms with Crippen LogP contribution in [-0.4, -0.2) is 74.6 Å². The van der Waals surface area contributed by atoms with Gasteiger partial charge in [-0.05, 0) is 69.8 Å². The average molecular weight is 430 g/mol. The second-order valence-electron chi connectivity index (χ2n) is 8.59. The van der Waals surface area contributed by atoms with Gasteiger partial charge in [0, 0.05) is 39.1 Å². The van der Waals surface area contributed by atoms with Gasteiger partial charge in [-0.15, -0.1) is 0 Å². The molecule has 2 unspecified atom stereocenters. The van der Waals surface area contributed by atoms with Gasteiger partial charge < -0.3 is 20.3 Å². The number of aliphatic imine (C=N–C) groups is 1. The predicted octanol–water partition coefficient (Wildman–Crippen LogP) is 2.79. The molecule has 2 aliphatic rings. The lowest BCUT2D eigenvalue weighted by Crippen LogP contribution is -2.45. The number of hydrogen-bond acceptors (Lipinski definition) is 4. The lowest BCUT2D eigenvalue weighted by molar-refractivity contribution is -0.134. The maximum Gasteiger partial charge on any atom is 0.224 e. The van der Waals surface area contributed by atoms with Crippen LogP contribution in [0.15, 0.2) is 29.3 Å². The molecular formula is C24H39N5O2. The van der Waals surface area contributed by atoms with Gasteiger partial charge in [-0.25, -0.2) is 0 Å². The van der Waals surface area contributed by atoms with E-state index in [0.717, 1.165) is 50.7 Å². The molecule has 2 aliphatic heterocycles. The first kappa shape index (κ1) is 23.4. The maximum absolute atomic E-state index is 12.6. The number of carbonyl (C=O) groups excluding carboxylic acids is 1. The first-order valence-electron chi connectivity index (χ1n) is 11.7. The third kappa shape index (κ3) is 6.60. The van der Waals surface area contributed by atoms with Crippen molar-refractivity contribution >= 4 is 11.9 Å². The number of nitrogens with one attached hydrogen (secondary N) is 2. The van der Waals surface area contributed by atoms with Gasteiger partial charge in [-0.3, -0.25) is 14.7 Å². The average Bonchev–Trinajstić information content (AvgIpc) is 3.33. The van der Waals surface area contributed by atoms with Crippen molar-refractivity contribution in [2.45, 2.75) is 57.5 Å². The summed E-state index contributed by atoms with van der Waals surface area (Å²) in [4.78, 5) is 21.5. The highest BCUT2D eigenvalue weighted by Gasteiger charge is 2.24. The summed E-state index contributed by atoms with van der Waals surface area (Å²) in [6.07, 6.45) is 6.46. The van der Waals surface area contributed by atoms with E-state index in [1.54, 1.807) is 14.2 Å². The zero-order valence-corrected chi connectivity index (χ0v) is 19.4. The number of piperidine rings is 1. The Morgan fingerprint density at radius 3 is 2.48 bits per heavy atom. The fourth-order valence-corrected chi connectivity index (χ4v) is 4.65.